The molecule has 0 unspecified atom stereocenters. The highest BCUT2D eigenvalue weighted by atomic mass is 16.5. The number of anilines is 3. The van der Waals surface area contributed by atoms with Crippen LogP contribution in [0.2, 0.25) is 0 Å². The van der Waals surface area contributed by atoms with Crippen LogP contribution < -0.4 is 27.2 Å². The third-order valence-electron chi connectivity index (χ3n) is 6.04. The van der Waals surface area contributed by atoms with E-state index in [1.165, 1.54) is 11.1 Å². The maximum absolute atomic E-state index is 12.6. The number of nitrogens with zero attached hydrogens (tertiary/aromatic N) is 1. The predicted molar refractivity (Wildman–Crippen MR) is 120 cm³/mol. The quantitative estimate of drug-likeness (QED) is 0.477. The van der Waals surface area contributed by atoms with E-state index < -0.39 is 11.5 Å². The molecule has 1 amide bonds. The number of primary amides is 1. The molecule has 2 aliphatic rings. The lowest BCUT2D eigenvalue weighted by molar-refractivity contribution is 0.0903. The van der Waals surface area contributed by atoms with Crippen LogP contribution in [0, 0.1) is 6.92 Å². The average Bonchev–Trinajstić information content (AvgIpc) is 2.74. The number of rotatable bonds is 6. The Hall–Kier alpha value is -2.91. The lowest BCUT2D eigenvalue weighted by Crippen LogP contribution is -2.32. The Morgan fingerprint density at radius 3 is 2.61 bits per heavy atom. The van der Waals surface area contributed by atoms with Crippen molar-refractivity contribution < 1.29 is 9.53 Å². The smallest absolute Gasteiger partial charge is 0.267 e. The summed E-state index contributed by atoms with van der Waals surface area (Å²) >= 11 is 0. The van der Waals surface area contributed by atoms with Crippen LogP contribution in [-0.2, 0) is 4.74 Å². The molecule has 166 valence electrons. The van der Waals surface area contributed by atoms with Gasteiger partial charge in [0, 0.05) is 24.9 Å². The molecule has 0 radical (unpaired) electrons. The molecule has 2 saturated heterocycles. The van der Waals surface area contributed by atoms with E-state index in [-0.39, 0.29) is 17.4 Å². The fourth-order valence-electron chi connectivity index (χ4n) is 4.38. The second-order valence-electron chi connectivity index (χ2n) is 8.25. The van der Waals surface area contributed by atoms with Gasteiger partial charge in [-0.1, -0.05) is 6.07 Å². The van der Waals surface area contributed by atoms with Crippen molar-refractivity contribution >= 4 is 23.4 Å². The van der Waals surface area contributed by atoms with Gasteiger partial charge in [0.05, 0.1) is 0 Å². The highest BCUT2D eigenvalue weighted by Gasteiger charge is 2.21. The third kappa shape index (κ3) is 5.05. The monoisotopic (exact) mass is 426 g/mol. The van der Waals surface area contributed by atoms with Crippen molar-refractivity contribution in [2.75, 3.05) is 36.9 Å². The van der Waals surface area contributed by atoms with E-state index in [1.807, 2.05) is 12.1 Å². The van der Waals surface area contributed by atoms with Gasteiger partial charge in [0.1, 0.15) is 5.56 Å². The zero-order valence-corrected chi connectivity index (χ0v) is 17.8. The molecule has 6 N–H and O–H groups in total. The van der Waals surface area contributed by atoms with Gasteiger partial charge >= 0.3 is 0 Å². The number of H-pyrrole nitrogens is 1. The van der Waals surface area contributed by atoms with Crippen molar-refractivity contribution in [3.8, 4) is 0 Å². The first-order valence-electron chi connectivity index (χ1n) is 10.9. The number of hydrogen-bond acceptors (Lipinski definition) is 7. The zero-order chi connectivity index (χ0) is 21.8. The summed E-state index contributed by atoms with van der Waals surface area (Å²) in [6.45, 7) is 5.47. The largest absolute Gasteiger partial charge is 0.381 e. The van der Waals surface area contributed by atoms with Crippen LogP contribution >= 0.6 is 0 Å². The van der Waals surface area contributed by atoms with Crippen molar-refractivity contribution in [3.05, 3.63) is 45.2 Å². The fraction of sp³-hybridized carbons (Fsp3) is 0.500. The summed E-state index contributed by atoms with van der Waals surface area (Å²) in [5.41, 5.74) is 7.99. The standard InChI is InChI=1S/C22H30N6O3/c1-13-12-16(2-3-17(13)14-4-8-24-9-5-14)25-20-18(19(23)29)21(30)28-22(27-20)26-15-6-10-31-11-7-15/h2-3,12,14-15,24H,4-11H2,1H3,(H2,23,29)(H3,25,26,27,28,30). The van der Waals surface area contributed by atoms with Crippen molar-refractivity contribution in [1.82, 2.24) is 15.3 Å². The van der Waals surface area contributed by atoms with Crippen LogP contribution in [0.15, 0.2) is 23.0 Å². The number of nitrogens with two attached hydrogens (primary N) is 1. The van der Waals surface area contributed by atoms with E-state index in [0.717, 1.165) is 44.5 Å². The van der Waals surface area contributed by atoms with Crippen molar-refractivity contribution in [1.29, 1.82) is 0 Å². The number of nitrogens with one attached hydrogen (secondary N) is 4. The van der Waals surface area contributed by atoms with Crippen molar-refractivity contribution in [2.45, 2.75) is 44.6 Å². The van der Waals surface area contributed by atoms with Gasteiger partial charge in [-0.2, -0.15) is 4.98 Å². The molecule has 2 aliphatic heterocycles. The highest BCUT2D eigenvalue weighted by molar-refractivity contribution is 5.98. The number of aromatic nitrogens is 2. The average molecular weight is 427 g/mol. The SMILES string of the molecule is Cc1cc(Nc2nc(NC3CCOCC3)[nH]c(=O)c2C(N)=O)ccc1C1CCNCC1. The number of benzene rings is 1. The van der Waals surface area contributed by atoms with Crippen LogP contribution in [0.5, 0.6) is 0 Å². The molecule has 4 rings (SSSR count). The number of ether oxygens (including phenoxy) is 1. The molecule has 0 atom stereocenters. The Kier molecular flexibility index (Phi) is 6.53. The molecule has 1 aromatic heterocycles. The Balaban J connectivity index is 1.59. The van der Waals surface area contributed by atoms with Crippen molar-refractivity contribution in [3.63, 3.8) is 0 Å². The summed E-state index contributed by atoms with van der Waals surface area (Å²) in [7, 11) is 0. The van der Waals surface area contributed by atoms with E-state index in [1.54, 1.807) is 0 Å². The van der Waals surface area contributed by atoms with Gasteiger partial charge < -0.3 is 26.4 Å². The molecule has 2 aromatic rings. The van der Waals surface area contributed by atoms with Gasteiger partial charge in [-0.05, 0) is 74.9 Å². The highest BCUT2D eigenvalue weighted by Crippen LogP contribution is 2.30. The molecule has 0 bridgehead atoms. The Labute approximate surface area is 181 Å². The van der Waals surface area contributed by atoms with E-state index in [0.29, 0.717) is 25.1 Å². The molecular formula is C22H30N6O3. The normalized spacial score (nSPS) is 18.0. The number of carbonyl (C=O) groups is 1. The second kappa shape index (κ2) is 9.49. The lowest BCUT2D eigenvalue weighted by Gasteiger charge is -2.25. The molecule has 2 fully saturated rings. The minimum atomic E-state index is -0.822. The molecule has 0 saturated carbocycles. The molecule has 0 spiro atoms. The van der Waals surface area contributed by atoms with E-state index in [4.69, 9.17) is 10.5 Å². The van der Waals surface area contributed by atoms with Crippen molar-refractivity contribution in [2.24, 2.45) is 5.73 Å². The molecule has 9 nitrogen and oxygen atoms in total. The summed E-state index contributed by atoms with van der Waals surface area (Å²) in [6.07, 6.45) is 3.88. The number of carbonyl (C=O) groups excluding carboxylic acids is 1. The summed E-state index contributed by atoms with van der Waals surface area (Å²) in [6, 6.07) is 6.25. The topological polar surface area (TPSA) is 134 Å². The number of amides is 1. The number of piperidine rings is 1. The minimum Gasteiger partial charge on any atom is -0.381 e. The van der Waals surface area contributed by atoms with Gasteiger partial charge in [0.15, 0.2) is 5.82 Å². The zero-order valence-electron chi connectivity index (χ0n) is 17.8. The number of aryl methyl sites for hydroxylation is 1. The van der Waals surface area contributed by atoms with Gasteiger partial charge in [-0.3, -0.25) is 14.6 Å². The Morgan fingerprint density at radius 1 is 1.19 bits per heavy atom. The van der Waals surface area contributed by atoms with Gasteiger partial charge in [-0.25, -0.2) is 0 Å². The van der Waals surface area contributed by atoms with E-state index in [2.05, 4.69) is 38.9 Å². The summed E-state index contributed by atoms with van der Waals surface area (Å²) in [5.74, 6) is 0.189. The van der Waals surface area contributed by atoms with Crippen LogP contribution in [0.1, 0.15) is 53.1 Å². The predicted octanol–water partition coefficient (Wildman–Crippen LogP) is 1.98. The first kappa shape index (κ1) is 21.3. The second-order valence-corrected chi connectivity index (χ2v) is 8.25. The van der Waals surface area contributed by atoms with E-state index in [9.17, 15) is 9.59 Å². The fourth-order valence-corrected chi connectivity index (χ4v) is 4.38. The number of hydrogen-bond donors (Lipinski definition) is 5. The molecule has 0 aliphatic carbocycles. The molecule has 1 aromatic carbocycles. The maximum atomic E-state index is 12.6. The summed E-state index contributed by atoms with van der Waals surface area (Å²) in [5, 5.41) is 9.76. The minimum absolute atomic E-state index is 0.149. The Bertz CT molecular complexity index is 993. The lowest BCUT2D eigenvalue weighted by atomic mass is 9.87. The first-order chi connectivity index (χ1) is 15.0. The van der Waals surface area contributed by atoms with Gasteiger partial charge in [0.25, 0.3) is 11.5 Å². The Morgan fingerprint density at radius 2 is 1.94 bits per heavy atom. The first-order valence-corrected chi connectivity index (χ1v) is 10.9. The molecular weight excluding hydrogens is 396 g/mol. The molecule has 3 heterocycles. The van der Waals surface area contributed by atoms with Gasteiger partial charge in [-0.15, -0.1) is 0 Å². The van der Waals surface area contributed by atoms with Gasteiger partial charge in [0.2, 0.25) is 5.95 Å². The van der Waals surface area contributed by atoms with Crippen LogP contribution in [0.25, 0.3) is 0 Å². The van der Waals surface area contributed by atoms with Crippen LogP contribution in [0.3, 0.4) is 0 Å². The summed E-state index contributed by atoms with van der Waals surface area (Å²) < 4.78 is 5.37. The van der Waals surface area contributed by atoms with Crippen LogP contribution in [0.4, 0.5) is 17.5 Å². The van der Waals surface area contributed by atoms with Crippen LogP contribution in [-0.4, -0.2) is 48.2 Å². The molecule has 31 heavy (non-hydrogen) atoms. The third-order valence-corrected chi connectivity index (χ3v) is 6.04. The number of aromatic amines is 1. The summed E-state index contributed by atoms with van der Waals surface area (Å²) in [4.78, 5) is 31.6. The molecule has 9 heteroatoms. The maximum Gasteiger partial charge on any atom is 0.267 e. The van der Waals surface area contributed by atoms with E-state index >= 15 is 0 Å².